The van der Waals surface area contributed by atoms with E-state index in [2.05, 4.69) is 4.72 Å². The molecule has 0 spiro atoms. The number of anilines is 1. The SMILES string of the molecule is COc1cc(OC)c(NS(=O)(=O)C(C)CN)cc1Cl. The third-order valence-corrected chi connectivity index (χ3v) is 4.64. The highest BCUT2D eigenvalue weighted by Gasteiger charge is 2.21. The van der Waals surface area contributed by atoms with E-state index >= 15 is 0 Å². The lowest BCUT2D eigenvalue weighted by Gasteiger charge is -2.16. The Morgan fingerprint density at radius 2 is 1.89 bits per heavy atom. The first-order valence-corrected chi connectivity index (χ1v) is 7.41. The van der Waals surface area contributed by atoms with Crippen molar-refractivity contribution in [1.82, 2.24) is 0 Å². The average molecular weight is 309 g/mol. The molecule has 1 unspecified atom stereocenters. The summed E-state index contributed by atoms with van der Waals surface area (Å²) in [5.74, 6) is 0.711. The van der Waals surface area contributed by atoms with Gasteiger partial charge in [-0.1, -0.05) is 11.6 Å². The maximum atomic E-state index is 11.9. The number of nitrogens with two attached hydrogens (primary N) is 1. The number of rotatable bonds is 6. The van der Waals surface area contributed by atoms with E-state index in [-0.39, 0.29) is 17.3 Å². The molecular formula is C11H17ClN2O4S. The molecule has 19 heavy (non-hydrogen) atoms. The summed E-state index contributed by atoms with van der Waals surface area (Å²) < 4.78 is 36.4. The zero-order valence-electron chi connectivity index (χ0n) is 10.9. The molecule has 1 aromatic carbocycles. The maximum absolute atomic E-state index is 11.9. The fraction of sp³-hybridized carbons (Fsp3) is 0.455. The van der Waals surface area contributed by atoms with Crippen molar-refractivity contribution >= 4 is 27.3 Å². The highest BCUT2D eigenvalue weighted by Crippen LogP contribution is 2.36. The summed E-state index contributed by atoms with van der Waals surface area (Å²) in [4.78, 5) is 0. The highest BCUT2D eigenvalue weighted by molar-refractivity contribution is 7.93. The molecule has 0 bridgehead atoms. The molecule has 6 nitrogen and oxygen atoms in total. The van der Waals surface area contributed by atoms with Crippen LogP contribution >= 0.6 is 11.6 Å². The van der Waals surface area contributed by atoms with Gasteiger partial charge >= 0.3 is 0 Å². The van der Waals surface area contributed by atoms with Gasteiger partial charge < -0.3 is 15.2 Å². The van der Waals surface area contributed by atoms with Gasteiger partial charge in [0, 0.05) is 12.6 Å². The van der Waals surface area contributed by atoms with Gasteiger partial charge in [-0.25, -0.2) is 8.42 Å². The van der Waals surface area contributed by atoms with Gasteiger partial charge in [-0.3, -0.25) is 4.72 Å². The number of hydrogen-bond donors (Lipinski definition) is 2. The van der Waals surface area contributed by atoms with Crippen LogP contribution < -0.4 is 19.9 Å². The molecule has 0 aliphatic carbocycles. The number of sulfonamides is 1. The second-order valence-corrected chi connectivity index (χ2v) is 6.39. The molecule has 1 aromatic rings. The van der Waals surface area contributed by atoms with Crippen LogP contribution in [0.5, 0.6) is 11.5 Å². The van der Waals surface area contributed by atoms with Crippen LogP contribution in [0.4, 0.5) is 5.69 Å². The molecule has 0 saturated carbocycles. The fourth-order valence-corrected chi connectivity index (χ4v) is 2.48. The number of methoxy groups -OCH3 is 2. The van der Waals surface area contributed by atoms with Gasteiger partial charge in [0.25, 0.3) is 0 Å². The van der Waals surface area contributed by atoms with E-state index in [0.29, 0.717) is 11.5 Å². The topological polar surface area (TPSA) is 90.6 Å². The minimum Gasteiger partial charge on any atom is -0.495 e. The second kappa shape index (κ2) is 6.31. The third-order valence-electron chi connectivity index (χ3n) is 2.59. The van der Waals surface area contributed by atoms with Crippen molar-refractivity contribution in [2.45, 2.75) is 12.2 Å². The van der Waals surface area contributed by atoms with Gasteiger partial charge in [-0.2, -0.15) is 0 Å². The van der Waals surface area contributed by atoms with Crippen molar-refractivity contribution in [3.8, 4) is 11.5 Å². The predicted molar refractivity (Wildman–Crippen MR) is 75.6 cm³/mol. The molecule has 0 heterocycles. The minimum absolute atomic E-state index is 0.0154. The first-order chi connectivity index (χ1) is 8.85. The molecule has 1 atom stereocenters. The molecule has 0 aromatic heterocycles. The van der Waals surface area contributed by atoms with Crippen LogP contribution in [0, 0.1) is 0 Å². The molecule has 0 amide bonds. The molecule has 0 fully saturated rings. The summed E-state index contributed by atoms with van der Waals surface area (Å²) in [6.07, 6.45) is 0. The molecule has 8 heteroatoms. The number of benzene rings is 1. The van der Waals surface area contributed by atoms with Gasteiger partial charge in [-0.15, -0.1) is 0 Å². The zero-order valence-corrected chi connectivity index (χ0v) is 12.5. The van der Waals surface area contributed by atoms with Crippen LogP contribution in [0.15, 0.2) is 12.1 Å². The van der Waals surface area contributed by atoms with Crippen molar-refractivity contribution in [3.63, 3.8) is 0 Å². The Bertz CT molecular complexity index is 548. The molecule has 108 valence electrons. The van der Waals surface area contributed by atoms with Crippen LogP contribution in [0.2, 0.25) is 5.02 Å². The van der Waals surface area contributed by atoms with Crippen LogP contribution in [0.3, 0.4) is 0 Å². The van der Waals surface area contributed by atoms with Crippen molar-refractivity contribution in [2.24, 2.45) is 5.73 Å². The smallest absolute Gasteiger partial charge is 0.236 e. The Morgan fingerprint density at radius 1 is 1.32 bits per heavy atom. The first-order valence-electron chi connectivity index (χ1n) is 5.49. The van der Waals surface area contributed by atoms with E-state index in [1.54, 1.807) is 0 Å². The monoisotopic (exact) mass is 308 g/mol. The number of ether oxygens (including phenoxy) is 2. The van der Waals surface area contributed by atoms with Gasteiger partial charge in [0.15, 0.2) is 0 Å². The Kier molecular flexibility index (Phi) is 5.28. The van der Waals surface area contributed by atoms with E-state index in [4.69, 9.17) is 26.8 Å². The Hall–Kier alpha value is -1.18. The summed E-state index contributed by atoms with van der Waals surface area (Å²) in [6, 6.07) is 2.94. The maximum Gasteiger partial charge on any atom is 0.236 e. The minimum atomic E-state index is -3.59. The van der Waals surface area contributed by atoms with E-state index in [1.807, 2.05) is 0 Å². The van der Waals surface area contributed by atoms with Crippen molar-refractivity contribution in [2.75, 3.05) is 25.5 Å². The normalized spacial score (nSPS) is 12.9. The molecule has 1 rings (SSSR count). The third kappa shape index (κ3) is 3.65. The van der Waals surface area contributed by atoms with Crippen LogP contribution in [-0.4, -0.2) is 34.4 Å². The van der Waals surface area contributed by atoms with E-state index in [1.165, 1.54) is 33.3 Å². The van der Waals surface area contributed by atoms with Gasteiger partial charge in [0.2, 0.25) is 10.0 Å². The number of hydrogen-bond acceptors (Lipinski definition) is 5. The quantitative estimate of drug-likeness (QED) is 0.830. The molecule has 0 saturated heterocycles. The number of halogens is 1. The van der Waals surface area contributed by atoms with Gasteiger partial charge in [-0.05, 0) is 13.0 Å². The lowest BCUT2D eigenvalue weighted by molar-refractivity contribution is 0.396. The lowest BCUT2D eigenvalue weighted by Crippen LogP contribution is -2.31. The molecule has 0 aliphatic heterocycles. The first kappa shape index (κ1) is 15.9. The Balaban J connectivity index is 3.18. The van der Waals surface area contributed by atoms with Crippen molar-refractivity contribution < 1.29 is 17.9 Å². The largest absolute Gasteiger partial charge is 0.495 e. The molecule has 3 N–H and O–H groups in total. The summed E-state index contributed by atoms with van der Waals surface area (Å²) in [5.41, 5.74) is 5.61. The zero-order chi connectivity index (χ0) is 14.6. The summed E-state index contributed by atoms with van der Waals surface area (Å²) in [5, 5.41) is -0.445. The van der Waals surface area contributed by atoms with Gasteiger partial charge in [0.05, 0.1) is 30.2 Å². The Labute approximate surface area is 117 Å². The second-order valence-electron chi connectivity index (χ2n) is 3.88. The van der Waals surface area contributed by atoms with Crippen molar-refractivity contribution in [1.29, 1.82) is 0 Å². The van der Waals surface area contributed by atoms with Crippen LogP contribution in [0.1, 0.15) is 6.92 Å². The van der Waals surface area contributed by atoms with Crippen LogP contribution in [0.25, 0.3) is 0 Å². The predicted octanol–water partition coefficient (Wildman–Crippen LogP) is 1.45. The average Bonchev–Trinajstić information content (AvgIpc) is 2.37. The van der Waals surface area contributed by atoms with Crippen molar-refractivity contribution in [3.05, 3.63) is 17.2 Å². The van der Waals surface area contributed by atoms with E-state index < -0.39 is 15.3 Å². The highest BCUT2D eigenvalue weighted by atomic mass is 35.5. The molecule has 0 radical (unpaired) electrons. The lowest BCUT2D eigenvalue weighted by atomic mass is 10.3. The molecular weight excluding hydrogens is 292 g/mol. The standard InChI is InChI=1S/C11H17ClN2O4S/c1-7(6-13)19(15,16)14-9-4-8(12)10(17-2)5-11(9)18-3/h4-5,7,14H,6,13H2,1-3H3. The number of nitrogens with one attached hydrogen (secondary N) is 1. The summed E-state index contributed by atoms with van der Waals surface area (Å²) in [7, 11) is -0.704. The molecule has 0 aliphatic rings. The van der Waals surface area contributed by atoms with Crippen LogP contribution in [-0.2, 0) is 10.0 Å². The summed E-state index contributed by atoms with van der Waals surface area (Å²) >= 11 is 5.96. The van der Waals surface area contributed by atoms with E-state index in [9.17, 15) is 8.42 Å². The Morgan fingerprint density at radius 3 is 2.37 bits per heavy atom. The van der Waals surface area contributed by atoms with Gasteiger partial charge in [0.1, 0.15) is 11.5 Å². The fourth-order valence-electron chi connectivity index (χ4n) is 1.32. The van der Waals surface area contributed by atoms with E-state index in [0.717, 1.165) is 0 Å². The summed E-state index contributed by atoms with van der Waals surface area (Å²) in [6.45, 7) is 1.53.